The molecule has 1 aliphatic rings. The number of nitrogens with zero attached hydrogens (tertiary/aromatic N) is 3. The van der Waals surface area contributed by atoms with Gasteiger partial charge >= 0.3 is 0 Å². The van der Waals surface area contributed by atoms with E-state index in [1.54, 1.807) is 0 Å². The second kappa shape index (κ2) is 5.36. The molecule has 5 nitrogen and oxygen atoms in total. The van der Waals surface area contributed by atoms with E-state index in [0.29, 0.717) is 31.2 Å². The first-order valence-corrected chi connectivity index (χ1v) is 6.60. The van der Waals surface area contributed by atoms with Gasteiger partial charge in [-0.3, -0.25) is 5.10 Å². The Bertz CT molecular complexity index is 634. The molecule has 0 saturated carbocycles. The van der Waals surface area contributed by atoms with Crippen molar-refractivity contribution < 1.29 is 13.2 Å². The molecule has 2 N–H and O–H groups in total. The molecular weight excluding hydrogens is 283 g/mol. The van der Waals surface area contributed by atoms with Crippen LogP contribution in [0, 0.1) is 17.5 Å². The van der Waals surface area contributed by atoms with Crippen molar-refractivity contribution in [3.63, 3.8) is 0 Å². The zero-order valence-electron chi connectivity index (χ0n) is 11.3. The van der Waals surface area contributed by atoms with Crippen LogP contribution >= 0.6 is 0 Å². The summed E-state index contributed by atoms with van der Waals surface area (Å²) in [5.74, 6) is -2.66. The minimum Gasteiger partial charge on any atom is -0.337 e. The fourth-order valence-electron chi connectivity index (χ4n) is 2.39. The molecular formula is C13H14F3N5. The van der Waals surface area contributed by atoms with Crippen LogP contribution < -0.4 is 10.2 Å². The lowest BCUT2D eigenvalue weighted by Crippen LogP contribution is -2.49. The third kappa shape index (κ3) is 2.71. The van der Waals surface area contributed by atoms with E-state index in [0.717, 1.165) is 6.54 Å². The molecule has 0 bridgehead atoms. The molecule has 2 heterocycles. The van der Waals surface area contributed by atoms with Gasteiger partial charge in [0, 0.05) is 37.8 Å². The first-order chi connectivity index (χ1) is 10.0. The normalized spacial score (nSPS) is 19.0. The van der Waals surface area contributed by atoms with Crippen LogP contribution in [0.5, 0.6) is 0 Å². The molecule has 1 saturated heterocycles. The fourth-order valence-corrected chi connectivity index (χ4v) is 2.39. The third-order valence-electron chi connectivity index (χ3n) is 3.37. The maximum atomic E-state index is 13.7. The minimum absolute atomic E-state index is 0.0498. The molecule has 2 aromatic rings. The SMILES string of the molecule is C[C@@H]1CN(c2n[nH]c(-c3c(F)cc(F)cc3F)n2)CCN1. The third-order valence-corrected chi connectivity index (χ3v) is 3.37. The van der Waals surface area contributed by atoms with Crippen molar-refractivity contribution in [2.45, 2.75) is 13.0 Å². The first-order valence-electron chi connectivity index (χ1n) is 6.60. The van der Waals surface area contributed by atoms with Crippen LogP contribution in [0.2, 0.25) is 0 Å². The van der Waals surface area contributed by atoms with Gasteiger partial charge in [-0.25, -0.2) is 13.2 Å². The smallest absolute Gasteiger partial charge is 0.245 e. The van der Waals surface area contributed by atoms with E-state index in [4.69, 9.17) is 0 Å². The lowest BCUT2D eigenvalue weighted by atomic mass is 10.2. The number of halogens is 3. The summed E-state index contributed by atoms with van der Waals surface area (Å²) in [7, 11) is 0. The second-order valence-electron chi connectivity index (χ2n) is 5.03. The van der Waals surface area contributed by atoms with Gasteiger partial charge in [0.25, 0.3) is 0 Å². The Hall–Kier alpha value is -2.09. The fraction of sp³-hybridized carbons (Fsp3) is 0.385. The Balaban J connectivity index is 1.92. The number of hydrogen-bond donors (Lipinski definition) is 2. The molecule has 3 rings (SSSR count). The van der Waals surface area contributed by atoms with Gasteiger partial charge in [0.15, 0.2) is 5.82 Å². The summed E-state index contributed by atoms with van der Waals surface area (Å²) < 4.78 is 40.4. The first kappa shape index (κ1) is 13.9. The molecule has 21 heavy (non-hydrogen) atoms. The predicted molar refractivity (Wildman–Crippen MR) is 71.4 cm³/mol. The monoisotopic (exact) mass is 297 g/mol. The number of nitrogens with one attached hydrogen (secondary N) is 2. The predicted octanol–water partition coefficient (Wildman–Crippen LogP) is 1.69. The maximum absolute atomic E-state index is 13.7. The summed E-state index contributed by atoms with van der Waals surface area (Å²) in [5.41, 5.74) is -0.404. The van der Waals surface area contributed by atoms with Gasteiger partial charge < -0.3 is 10.2 Å². The van der Waals surface area contributed by atoms with Crippen molar-refractivity contribution in [2.24, 2.45) is 0 Å². The Morgan fingerprint density at radius 1 is 1.24 bits per heavy atom. The van der Waals surface area contributed by atoms with E-state index >= 15 is 0 Å². The molecule has 0 aliphatic carbocycles. The highest BCUT2D eigenvalue weighted by atomic mass is 19.1. The molecule has 1 fully saturated rings. The number of benzene rings is 1. The lowest BCUT2D eigenvalue weighted by molar-refractivity contribution is 0.480. The maximum Gasteiger partial charge on any atom is 0.245 e. The number of rotatable bonds is 2. The molecule has 112 valence electrons. The van der Waals surface area contributed by atoms with Crippen LogP contribution in [0.3, 0.4) is 0 Å². The average molecular weight is 297 g/mol. The zero-order chi connectivity index (χ0) is 15.0. The molecule has 1 aromatic carbocycles. The molecule has 8 heteroatoms. The van der Waals surface area contributed by atoms with E-state index in [2.05, 4.69) is 20.5 Å². The Kier molecular flexibility index (Phi) is 3.54. The lowest BCUT2D eigenvalue weighted by Gasteiger charge is -2.30. The standard InChI is InChI=1S/C13H14F3N5/c1-7-6-21(3-2-17-7)13-18-12(19-20-13)11-9(15)4-8(14)5-10(11)16/h4-5,7,17H,2-3,6H2,1H3,(H,18,19,20)/t7-/m1/s1. The van der Waals surface area contributed by atoms with E-state index < -0.39 is 23.0 Å². The number of aromatic amines is 1. The van der Waals surface area contributed by atoms with E-state index in [9.17, 15) is 13.2 Å². The molecule has 1 atom stereocenters. The van der Waals surface area contributed by atoms with Gasteiger partial charge in [0.05, 0.1) is 5.56 Å². The van der Waals surface area contributed by atoms with Gasteiger partial charge in [-0.2, -0.15) is 4.98 Å². The Morgan fingerprint density at radius 2 is 1.95 bits per heavy atom. The van der Waals surface area contributed by atoms with E-state index in [1.807, 2.05) is 11.8 Å². The van der Waals surface area contributed by atoms with Crippen LogP contribution in [0.25, 0.3) is 11.4 Å². The highest BCUT2D eigenvalue weighted by molar-refractivity contribution is 5.58. The van der Waals surface area contributed by atoms with Crippen molar-refractivity contribution in [3.05, 3.63) is 29.6 Å². The van der Waals surface area contributed by atoms with E-state index in [1.165, 1.54) is 0 Å². The molecule has 1 aliphatic heterocycles. The summed E-state index contributed by atoms with van der Waals surface area (Å²) in [4.78, 5) is 6.04. The van der Waals surface area contributed by atoms with Crippen molar-refractivity contribution in [1.82, 2.24) is 20.5 Å². The van der Waals surface area contributed by atoms with Crippen molar-refractivity contribution in [2.75, 3.05) is 24.5 Å². The highest BCUT2D eigenvalue weighted by Crippen LogP contribution is 2.25. The topological polar surface area (TPSA) is 56.8 Å². The van der Waals surface area contributed by atoms with Gasteiger partial charge in [0.2, 0.25) is 5.95 Å². The van der Waals surface area contributed by atoms with Crippen molar-refractivity contribution in [1.29, 1.82) is 0 Å². The molecule has 0 spiro atoms. The molecule has 0 radical (unpaired) electrons. The van der Waals surface area contributed by atoms with Crippen LogP contribution in [-0.4, -0.2) is 40.9 Å². The van der Waals surface area contributed by atoms with Crippen LogP contribution in [-0.2, 0) is 0 Å². The van der Waals surface area contributed by atoms with Gasteiger partial charge in [-0.15, -0.1) is 5.10 Å². The summed E-state index contributed by atoms with van der Waals surface area (Å²) in [6.07, 6.45) is 0. The second-order valence-corrected chi connectivity index (χ2v) is 5.03. The highest BCUT2D eigenvalue weighted by Gasteiger charge is 2.22. The van der Waals surface area contributed by atoms with E-state index in [-0.39, 0.29) is 11.9 Å². The van der Waals surface area contributed by atoms with Gasteiger partial charge in [-0.1, -0.05) is 0 Å². The average Bonchev–Trinajstić information content (AvgIpc) is 2.87. The number of aromatic nitrogens is 3. The van der Waals surface area contributed by atoms with Crippen LogP contribution in [0.15, 0.2) is 12.1 Å². The largest absolute Gasteiger partial charge is 0.337 e. The van der Waals surface area contributed by atoms with Crippen molar-refractivity contribution >= 4 is 5.95 Å². The van der Waals surface area contributed by atoms with Crippen molar-refractivity contribution in [3.8, 4) is 11.4 Å². The van der Waals surface area contributed by atoms with Crippen LogP contribution in [0.4, 0.5) is 19.1 Å². The summed E-state index contributed by atoms with van der Waals surface area (Å²) in [5, 5.41) is 9.78. The summed E-state index contributed by atoms with van der Waals surface area (Å²) >= 11 is 0. The zero-order valence-corrected chi connectivity index (χ0v) is 11.3. The number of hydrogen-bond acceptors (Lipinski definition) is 4. The molecule has 0 unspecified atom stereocenters. The molecule has 0 amide bonds. The quantitative estimate of drug-likeness (QED) is 0.885. The number of anilines is 1. The number of piperazine rings is 1. The summed E-state index contributed by atoms with van der Waals surface area (Å²) in [6, 6.07) is 1.51. The number of H-pyrrole nitrogens is 1. The summed E-state index contributed by atoms with van der Waals surface area (Å²) in [6.45, 7) is 4.21. The van der Waals surface area contributed by atoms with Crippen LogP contribution in [0.1, 0.15) is 6.92 Å². The Morgan fingerprint density at radius 3 is 2.62 bits per heavy atom. The van der Waals surface area contributed by atoms with Gasteiger partial charge in [0.1, 0.15) is 17.5 Å². The minimum atomic E-state index is -1.01. The Labute approximate surface area is 119 Å². The molecule has 1 aromatic heterocycles. The van der Waals surface area contributed by atoms with Gasteiger partial charge in [-0.05, 0) is 6.92 Å².